The van der Waals surface area contributed by atoms with Crippen LogP contribution in [0.3, 0.4) is 0 Å². The fraction of sp³-hybridized carbons (Fsp3) is 1.00. The Labute approximate surface area is 93.1 Å². The number of nitrogens with zero attached hydrogens (tertiary/aromatic N) is 1. The molecule has 0 amide bonds. The first-order valence-corrected chi connectivity index (χ1v) is 6.23. The molecule has 1 aliphatic carbocycles. The Balaban J connectivity index is 2.31. The van der Waals surface area contributed by atoms with Gasteiger partial charge in [-0.25, -0.2) is 0 Å². The molecule has 0 bridgehead atoms. The third-order valence-corrected chi connectivity index (χ3v) is 3.41. The van der Waals surface area contributed by atoms with Crippen LogP contribution in [0.2, 0.25) is 0 Å². The van der Waals surface area contributed by atoms with Gasteiger partial charge in [-0.1, -0.05) is 32.1 Å². The van der Waals surface area contributed by atoms with Gasteiger partial charge in [-0.05, 0) is 19.9 Å². The number of likely N-dealkylation sites (N-methyl/N-ethyl adjacent to an activating group) is 1. The summed E-state index contributed by atoms with van der Waals surface area (Å²) in [7, 11) is 2.06. The number of rotatable bonds is 4. The van der Waals surface area contributed by atoms with Gasteiger partial charge in [0, 0.05) is 12.6 Å². The van der Waals surface area contributed by atoms with E-state index in [-0.39, 0.29) is 6.61 Å². The molecule has 0 aromatic carbocycles. The van der Waals surface area contributed by atoms with E-state index in [1.807, 2.05) is 0 Å². The fourth-order valence-corrected chi connectivity index (χ4v) is 2.41. The van der Waals surface area contributed by atoms with Crippen molar-refractivity contribution in [3.8, 4) is 0 Å². The summed E-state index contributed by atoms with van der Waals surface area (Å²) in [6.07, 6.45) is 8.62. The Kier molecular flexibility index (Phi) is 6.22. The van der Waals surface area contributed by atoms with E-state index in [4.69, 9.17) is 5.11 Å². The summed E-state index contributed by atoms with van der Waals surface area (Å²) >= 11 is 0. The van der Waals surface area contributed by atoms with Gasteiger partial charge in [0.2, 0.25) is 0 Å². The highest BCUT2D eigenvalue weighted by Gasteiger charge is 2.17. The number of aliphatic hydroxyl groups is 2. The lowest BCUT2D eigenvalue weighted by molar-refractivity contribution is 0.0502. The Morgan fingerprint density at radius 1 is 1.13 bits per heavy atom. The lowest BCUT2D eigenvalue weighted by Gasteiger charge is -2.30. The highest BCUT2D eigenvalue weighted by Crippen LogP contribution is 2.20. The smallest absolute Gasteiger partial charge is 0.0897 e. The standard InChI is InChI=1S/C12H25NO2/c1-13(9-12(15)10-14)11-7-5-3-2-4-6-8-11/h11-12,14-15H,2-10H2,1H3. The van der Waals surface area contributed by atoms with Gasteiger partial charge in [-0.2, -0.15) is 0 Å². The maximum Gasteiger partial charge on any atom is 0.0897 e. The van der Waals surface area contributed by atoms with E-state index in [0.717, 1.165) is 0 Å². The third-order valence-electron chi connectivity index (χ3n) is 3.41. The summed E-state index contributed by atoms with van der Waals surface area (Å²) in [6, 6.07) is 0.603. The van der Waals surface area contributed by atoms with Gasteiger partial charge in [0.25, 0.3) is 0 Å². The van der Waals surface area contributed by atoms with E-state index in [1.165, 1.54) is 44.9 Å². The summed E-state index contributed by atoms with van der Waals surface area (Å²) in [5.41, 5.74) is 0. The van der Waals surface area contributed by atoms with Crippen molar-refractivity contribution in [3.63, 3.8) is 0 Å². The van der Waals surface area contributed by atoms with E-state index in [1.54, 1.807) is 0 Å². The van der Waals surface area contributed by atoms with Gasteiger partial charge in [-0.3, -0.25) is 0 Å². The van der Waals surface area contributed by atoms with E-state index in [2.05, 4.69) is 11.9 Å². The van der Waals surface area contributed by atoms with Crippen molar-refractivity contribution in [1.29, 1.82) is 0 Å². The van der Waals surface area contributed by atoms with Crippen LogP contribution in [0.1, 0.15) is 44.9 Å². The SMILES string of the molecule is CN(CC(O)CO)C1CCCCCCC1. The van der Waals surface area contributed by atoms with Crippen LogP contribution in [0.15, 0.2) is 0 Å². The molecule has 0 radical (unpaired) electrons. The third kappa shape index (κ3) is 4.96. The molecule has 0 spiro atoms. The zero-order valence-electron chi connectivity index (χ0n) is 9.86. The maximum absolute atomic E-state index is 9.39. The minimum Gasteiger partial charge on any atom is -0.394 e. The number of hydrogen-bond acceptors (Lipinski definition) is 3. The molecule has 1 unspecified atom stereocenters. The van der Waals surface area contributed by atoms with Crippen LogP contribution >= 0.6 is 0 Å². The molecule has 15 heavy (non-hydrogen) atoms. The minimum absolute atomic E-state index is 0.128. The second-order valence-electron chi connectivity index (χ2n) is 4.77. The van der Waals surface area contributed by atoms with Crippen molar-refractivity contribution < 1.29 is 10.2 Å². The Morgan fingerprint density at radius 3 is 2.20 bits per heavy atom. The average molecular weight is 215 g/mol. The molecule has 0 saturated heterocycles. The molecule has 1 aliphatic rings. The first-order chi connectivity index (χ1) is 7.24. The molecular formula is C12H25NO2. The molecule has 0 aromatic rings. The van der Waals surface area contributed by atoms with Crippen LogP contribution in [0.25, 0.3) is 0 Å². The molecule has 0 aliphatic heterocycles. The van der Waals surface area contributed by atoms with Gasteiger partial charge >= 0.3 is 0 Å². The first-order valence-electron chi connectivity index (χ1n) is 6.23. The van der Waals surface area contributed by atoms with Crippen molar-refractivity contribution in [1.82, 2.24) is 4.90 Å². The van der Waals surface area contributed by atoms with E-state index in [0.29, 0.717) is 12.6 Å². The summed E-state index contributed by atoms with van der Waals surface area (Å²) < 4.78 is 0. The van der Waals surface area contributed by atoms with E-state index in [9.17, 15) is 5.11 Å². The van der Waals surface area contributed by atoms with Gasteiger partial charge in [0.1, 0.15) is 0 Å². The van der Waals surface area contributed by atoms with Crippen LogP contribution in [0.5, 0.6) is 0 Å². The van der Waals surface area contributed by atoms with E-state index < -0.39 is 6.10 Å². The molecule has 3 nitrogen and oxygen atoms in total. The summed E-state index contributed by atoms with van der Waals surface area (Å²) in [5.74, 6) is 0. The topological polar surface area (TPSA) is 43.7 Å². The molecule has 0 aromatic heterocycles. The second kappa shape index (κ2) is 7.20. The van der Waals surface area contributed by atoms with Crippen molar-refractivity contribution in [2.24, 2.45) is 0 Å². The normalized spacial score (nSPS) is 22.4. The molecule has 1 rings (SSSR count). The minimum atomic E-state index is -0.583. The van der Waals surface area contributed by atoms with Gasteiger partial charge < -0.3 is 15.1 Å². The Bertz CT molecular complexity index is 156. The van der Waals surface area contributed by atoms with Gasteiger partial charge in [0.05, 0.1) is 12.7 Å². The number of hydrogen-bond donors (Lipinski definition) is 2. The Hall–Kier alpha value is -0.120. The quantitative estimate of drug-likeness (QED) is 0.744. The molecule has 2 N–H and O–H groups in total. The highest BCUT2D eigenvalue weighted by atomic mass is 16.3. The van der Waals surface area contributed by atoms with E-state index >= 15 is 0 Å². The predicted molar refractivity (Wildman–Crippen MR) is 61.8 cm³/mol. The fourth-order valence-electron chi connectivity index (χ4n) is 2.41. The molecule has 0 heterocycles. The van der Waals surface area contributed by atoms with Gasteiger partial charge in [0.15, 0.2) is 0 Å². The molecule has 1 atom stereocenters. The molecular weight excluding hydrogens is 190 g/mol. The van der Waals surface area contributed by atoms with Crippen LogP contribution in [-0.2, 0) is 0 Å². The van der Waals surface area contributed by atoms with Crippen LogP contribution < -0.4 is 0 Å². The number of aliphatic hydroxyl groups excluding tert-OH is 2. The Morgan fingerprint density at radius 2 is 1.67 bits per heavy atom. The van der Waals surface area contributed by atoms with Crippen molar-refractivity contribution in [2.45, 2.75) is 57.1 Å². The lowest BCUT2D eigenvalue weighted by Crippen LogP contribution is -2.39. The average Bonchev–Trinajstić information content (AvgIpc) is 2.16. The summed E-state index contributed by atoms with van der Waals surface area (Å²) in [5, 5.41) is 18.2. The summed E-state index contributed by atoms with van der Waals surface area (Å²) in [6.45, 7) is 0.470. The van der Waals surface area contributed by atoms with Gasteiger partial charge in [-0.15, -0.1) is 0 Å². The largest absolute Gasteiger partial charge is 0.394 e. The van der Waals surface area contributed by atoms with Crippen LogP contribution in [0.4, 0.5) is 0 Å². The van der Waals surface area contributed by atoms with Crippen molar-refractivity contribution in [3.05, 3.63) is 0 Å². The van der Waals surface area contributed by atoms with Crippen LogP contribution in [-0.4, -0.2) is 47.5 Å². The maximum atomic E-state index is 9.39. The van der Waals surface area contributed by atoms with Crippen molar-refractivity contribution >= 4 is 0 Å². The van der Waals surface area contributed by atoms with Crippen LogP contribution in [0, 0.1) is 0 Å². The molecule has 3 heteroatoms. The first kappa shape index (κ1) is 12.9. The summed E-state index contributed by atoms with van der Waals surface area (Å²) in [4.78, 5) is 2.21. The lowest BCUT2D eigenvalue weighted by atomic mass is 9.96. The monoisotopic (exact) mass is 215 g/mol. The zero-order valence-corrected chi connectivity index (χ0v) is 9.86. The molecule has 90 valence electrons. The highest BCUT2D eigenvalue weighted by molar-refractivity contribution is 4.73. The molecule has 1 saturated carbocycles. The second-order valence-corrected chi connectivity index (χ2v) is 4.77. The predicted octanol–water partition coefficient (Wildman–Crippen LogP) is 1.38. The molecule has 1 fully saturated rings. The van der Waals surface area contributed by atoms with Crippen molar-refractivity contribution in [2.75, 3.05) is 20.2 Å². The zero-order chi connectivity index (χ0) is 11.1.